The number of benzene rings is 1. The van der Waals surface area contributed by atoms with Gasteiger partial charge in [-0.1, -0.05) is 41.4 Å². The number of hydrogen-bond donors (Lipinski definition) is 1. The number of halogens is 1. The number of nitrogens with one attached hydrogen (secondary N) is 1. The number of unbranched alkanes of at least 4 members (excludes halogenated alkanes) is 1. The van der Waals surface area contributed by atoms with Gasteiger partial charge in [-0.2, -0.15) is 0 Å². The molecule has 0 aliphatic heterocycles. The molecule has 0 radical (unpaired) electrons. The molecular weight excluding hydrogens is 356 g/mol. The Morgan fingerprint density at radius 1 is 1.22 bits per heavy atom. The van der Waals surface area contributed by atoms with Gasteiger partial charge in [0.15, 0.2) is 0 Å². The Bertz CT molecular complexity index is 622. The summed E-state index contributed by atoms with van der Waals surface area (Å²) in [4.78, 5) is 13.7. The van der Waals surface area contributed by atoms with E-state index in [2.05, 4.69) is 28.2 Å². The van der Waals surface area contributed by atoms with Crippen molar-refractivity contribution >= 4 is 21.8 Å². The zero-order chi connectivity index (χ0) is 16.7. The Balaban J connectivity index is 1.86. The van der Waals surface area contributed by atoms with Gasteiger partial charge in [-0.3, -0.25) is 9.69 Å². The fourth-order valence-electron chi connectivity index (χ4n) is 2.26. The second-order valence-corrected chi connectivity index (χ2v) is 6.56. The van der Waals surface area contributed by atoms with E-state index < -0.39 is 0 Å². The van der Waals surface area contributed by atoms with Gasteiger partial charge in [0.05, 0.1) is 13.1 Å². The molecule has 1 amide bonds. The summed E-state index contributed by atoms with van der Waals surface area (Å²) in [6.45, 7) is 3.84. The first-order valence-electron chi connectivity index (χ1n) is 7.88. The standard InChI is InChI=1S/C18H23BrN2O2/c1-3-4-11-20-18(22)13-21(2)12-16-9-10-17(23-16)14-5-7-15(19)8-6-14/h5-10H,3-4,11-13H2,1-2H3,(H,20,22). The van der Waals surface area contributed by atoms with E-state index in [4.69, 9.17) is 4.42 Å². The van der Waals surface area contributed by atoms with E-state index in [0.29, 0.717) is 13.1 Å². The topological polar surface area (TPSA) is 45.5 Å². The fourth-order valence-corrected chi connectivity index (χ4v) is 2.52. The number of furan rings is 1. The third-order valence-corrected chi connectivity index (χ3v) is 4.01. The predicted octanol–water partition coefficient (Wildman–Crippen LogP) is 4.06. The number of nitrogens with zero attached hydrogens (tertiary/aromatic N) is 1. The second-order valence-electron chi connectivity index (χ2n) is 5.65. The molecule has 0 aliphatic rings. The highest BCUT2D eigenvalue weighted by Gasteiger charge is 2.10. The highest BCUT2D eigenvalue weighted by Crippen LogP contribution is 2.24. The van der Waals surface area contributed by atoms with Crippen molar-refractivity contribution in [1.82, 2.24) is 10.2 Å². The molecule has 4 nitrogen and oxygen atoms in total. The first-order chi connectivity index (χ1) is 11.1. The molecule has 0 aliphatic carbocycles. The molecule has 0 spiro atoms. The average molecular weight is 379 g/mol. The lowest BCUT2D eigenvalue weighted by molar-refractivity contribution is -0.122. The molecule has 2 rings (SSSR count). The highest BCUT2D eigenvalue weighted by atomic mass is 79.9. The van der Waals surface area contributed by atoms with Crippen LogP contribution >= 0.6 is 15.9 Å². The first kappa shape index (κ1) is 17.8. The molecule has 0 bridgehead atoms. The lowest BCUT2D eigenvalue weighted by Gasteiger charge is -2.14. The van der Waals surface area contributed by atoms with Crippen LogP contribution in [0.2, 0.25) is 0 Å². The Hall–Kier alpha value is -1.59. The van der Waals surface area contributed by atoms with Crippen LogP contribution in [0.4, 0.5) is 0 Å². The number of carbonyl (C=O) groups is 1. The maximum atomic E-state index is 11.8. The van der Waals surface area contributed by atoms with Crippen molar-refractivity contribution in [3.63, 3.8) is 0 Å². The van der Waals surface area contributed by atoms with Crippen LogP contribution in [0.1, 0.15) is 25.5 Å². The average Bonchev–Trinajstić information content (AvgIpc) is 2.96. The fraction of sp³-hybridized carbons (Fsp3) is 0.389. The third kappa shape index (κ3) is 5.84. The molecule has 2 aromatic rings. The van der Waals surface area contributed by atoms with Crippen LogP contribution in [0.15, 0.2) is 45.3 Å². The quantitative estimate of drug-likeness (QED) is 0.704. The zero-order valence-electron chi connectivity index (χ0n) is 13.6. The molecule has 0 fully saturated rings. The molecule has 0 saturated carbocycles. The van der Waals surface area contributed by atoms with Gasteiger partial charge in [-0.15, -0.1) is 0 Å². The van der Waals surface area contributed by atoms with Crippen LogP contribution in [0, 0.1) is 0 Å². The van der Waals surface area contributed by atoms with Gasteiger partial charge < -0.3 is 9.73 Å². The minimum Gasteiger partial charge on any atom is -0.460 e. The van der Waals surface area contributed by atoms with Crippen molar-refractivity contribution in [2.24, 2.45) is 0 Å². The number of rotatable bonds is 8. The van der Waals surface area contributed by atoms with Crippen molar-refractivity contribution in [3.05, 3.63) is 46.6 Å². The molecule has 1 heterocycles. The summed E-state index contributed by atoms with van der Waals surface area (Å²) in [7, 11) is 1.92. The SMILES string of the molecule is CCCCNC(=O)CN(C)Cc1ccc(-c2ccc(Br)cc2)o1. The Morgan fingerprint density at radius 2 is 1.96 bits per heavy atom. The van der Waals surface area contributed by atoms with E-state index in [9.17, 15) is 4.79 Å². The molecule has 1 aromatic carbocycles. The van der Waals surface area contributed by atoms with Crippen molar-refractivity contribution in [2.75, 3.05) is 20.1 Å². The van der Waals surface area contributed by atoms with E-state index in [1.165, 1.54) is 0 Å². The summed E-state index contributed by atoms with van der Waals surface area (Å²) in [5, 5.41) is 2.92. The maximum absolute atomic E-state index is 11.8. The molecule has 0 saturated heterocycles. The Kier molecular flexibility index (Phi) is 6.86. The molecule has 5 heteroatoms. The van der Waals surface area contributed by atoms with Crippen LogP contribution in [-0.4, -0.2) is 30.9 Å². The van der Waals surface area contributed by atoms with Crippen molar-refractivity contribution in [2.45, 2.75) is 26.3 Å². The maximum Gasteiger partial charge on any atom is 0.234 e. The van der Waals surface area contributed by atoms with Crippen LogP contribution in [-0.2, 0) is 11.3 Å². The normalized spacial score (nSPS) is 11.0. The van der Waals surface area contributed by atoms with Gasteiger partial charge >= 0.3 is 0 Å². The molecule has 0 unspecified atom stereocenters. The van der Waals surface area contributed by atoms with Gasteiger partial charge in [-0.25, -0.2) is 0 Å². The number of amides is 1. The Labute approximate surface area is 146 Å². The van der Waals surface area contributed by atoms with E-state index >= 15 is 0 Å². The summed E-state index contributed by atoms with van der Waals surface area (Å²) in [6, 6.07) is 11.9. The highest BCUT2D eigenvalue weighted by molar-refractivity contribution is 9.10. The second kappa shape index (κ2) is 8.89. The monoisotopic (exact) mass is 378 g/mol. The molecule has 0 atom stereocenters. The zero-order valence-corrected chi connectivity index (χ0v) is 15.2. The van der Waals surface area contributed by atoms with Crippen molar-refractivity contribution < 1.29 is 9.21 Å². The number of likely N-dealkylation sites (N-methyl/N-ethyl adjacent to an activating group) is 1. The molecular formula is C18H23BrN2O2. The van der Waals surface area contributed by atoms with Crippen LogP contribution in [0.25, 0.3) is 11.3 Å². The lowest BCUT2D eigenvalue weighted by atomic mass is 10.2. The summed E-state index contributed by atoms with van der Waals surface area (Å²) in [5.74, 6) is 1.75. The lowest BCUT2D eigenvalue weighted by Crippen LogP contribution is -2.35. The minimum absolute atomic E-state index is 0.0561. The smallest absolute Gasteiger partial charge is 0.234 e. The number of hydrogen-bond acceptors (Lipinski definition) is 3. The van der Waals surface area contributed by atoms with Gasteiger partial charge in [0.1, 0.15) is 11.5 Å². The minimum atomic E-state index is 0.0561. The molecule has 1 aromatic heterocycles. The van der Waals surface area contributed by atoms with Crippen molar-refractivity contribution in [3.8, 4) is 11.3 Å². The van der Waals surface area contributed by atoms with Crippen LogP contribution in [0.3, 0.4) is 0 Å². The van der Waals surface area contributed by atoms with Crippen molar-refractivity contribution in [1.29, 1.82) is 0 Å². The van der Waals surface area contributed by atoms with Gasteiger partial charge in [-0.05, 0) is 37.7 Å². The molecule has 1 N–H and O–H groups in total. The van der Waals surface area contributed by atoms with Gasteiger partial charge in [0.25, 0.3) is 0 Å². The van der Waals surface area contributed by atoms with E-state index in [1.54, 1.807) is 0 Å². The van der Waals surface area contributed by atoms with Crippen LogP contribution < -0.4 is 5.32 Å². The molecule has 23 heavy (non-hydrogen) atoms. The van der Waals surface area contributed by atoms with E-state index in [-0.39, 0.29) is 5.91 Å². The summed E-state index contributed by atoms with van der Waals surface area (Å²) in [6.07, 6.45) is 2.10. The third-order valence-electron chi connectivity index (χ3n) is 3.48. The van der Waals surface area contributed by atoms with Gasteiger partial charge in [0.2, 0.25) is 5.91 Å². The first-order valence-corrected chi connectivity index (χ1v) is 8.67. The van der Waals surface area contributed by atoms with E-state index in [0.717, 1.165) is 40.9 Å². The Morgan fingerprint density at radius 3 is 2.65 bits per heavy atom. The summed E-state index contributed by atoms with van der Waals surface area (Å²) < 4.78 is 6.92. The summed E-state index contributed by atoms with van der Waals surface area (Å²) in [5.41, 5.74) is 1.04. The summed E-state index contributed by atoms with van der Waals surface area (Å²) >= 11 is 3.43. The molecule has 124 valence electrons. The van der Waals surface area contributed by atoms with Gasteiger partial charge in [0, 0.05) is 16.6 Å². The van der Waals surface area contributed by atoms with E-state index in [1.807, 2.05) is 48.3 Å². The van der Waals surface area contributed by atoms with Crippen LogP contribution in [0.5, 0.6) is 0 Å². The predicted molar refractivity (Wildman–Crippen MR) is 96.1 cm³/mol. The largest absolute Gasteiger partial charge is 0.460 e. The number of carbonyl (C=O) groups excluding carboxylic acids is 1.